The number of benzene rings is 1. The van der Waals surface area contributed by atoms with E-state index in [1.165, 1.54) is 24.4 Å². The first-order valence-corrected chi connectivity index (χ1v) is 6.46. The fourth-order valence-corrected chi connectivity index (χ4v) is 1.88. The van der Waals surface area contributed by atoms with Crippen LogP contribution in [0.2, 0.25) is 0 Å². The Morgan fingerprint density at radius 1 is 1.38 bits per heavy atom. The number of carbonyl (C=O) groups excluding carboxylic acids is 1. The Kier molecular flexibility index (Phi) is 4.37. The van der Waals surface area contributed by atoms with Gasteiger partial charge in [-0.3, -0.25) is 0 Å². The van der Waals surface area contributed by atoms with Crippen molar-refractivity contribution in [3.63, 3.8) is 0 Å². The van der Waals surface area contributed by atoms with Gasteiger partial charge in [0.1, 0.15) is 11.6 Å². The SMILES string of the molecule is CCOC(=O)c1cc(Nc2cc(C)cc(F)c2)ncc1N. The predicted molar refractivity (Wildman–Crippen MR) is 79.0 cm³/mol. The number of pyridine rings is 1. The van der Waals surface area contributed by atoms with Crippen LogP contribution in [0.25, 0.3) is 0 Å². The zero-order chi connectivity index (χ0) is 15.4. The molecule has 0 amide bonds. The fourth-order valence-electron chi connectivity index (χ4n) is 1.88. The topological polar surface area (TPSA) is 77.2 Å². The van der Waals surface area contributed by atoms with Crippen LogP contribution in [0.15, 0.2) is 30.5 Å². The van der Waals surface area contributed by atoms with E-state index in [-0.39, 0.29) is 23.7 Å². The lowest BCUT2D eigenvalue weighted by molar-refractivity contribution is 0.0527. The van der Waals surface area contributed by atoms with Gasteiger partial charge in [0.25, 0.3) is 0 Å². The number of nitrogen functional groups attached to an aromatic ring is 1. The summed E-state index contributed by atoms with van der Waals surface area (Å²) in [4.78, 5) is 15.8. The molecule has 5 nitrogen and oxygen atoms in total. The maximum Gasteiger partial charge on any atom is 0.340 e. The van der Waals surface area contributed by atoms with Gasteiger partial charge in [-0.15, -0.1) is 0 Å². The molecular formula is C15H16FN3O2. The van der Waals surface area contributed by atoms with Gasteiger partial charge >= 0.3 is 5.97 Å². The Morgan fingerprint density at radius 3 is 2.81 bits per heavy atom. The Bertz CT molecular complexity index is 654. The van der Waals surface area contributed by atoms with Gasteiger partial charge in [-0.25, -0.2) is 14.2 Å². The Balaban J connectivity index is 2.28. The molecule has 0 aliphatic rings. The van der Waals surface area contributed by atoms with Crippen LogP contribution >= 0.6 is 0 Å². The van der Waals surface area contributed by atoms with E-state index >= 15 is 0 Å². The molecule has 0 saturated carbocycles. The highest BCUT2D eigenvalue weighted by atomic mass is 19.1. The van der Waals surface area contributed by atoms with E-state index < -0.39 is 5.97 Å². The number of hydrogen-bond acceptors (Lipinski definition) is 5. The molecule has 6 heteroatoms. The molecule has 1 heterocycles. The van der Waals surface area contributed by atoms with Crippen LogP contribution in [0, 0.1) is 12.7 Å². The van der Waals surface area contributed by atoms with Crippen molar-refractivity contribution in [1.29, 1.82) is 0 Å². The molecule has 1 aromatic carbocycles. The molecule has 0 fully saturated rings. The van der Waals surface area contributed by atoms with Crippen LogP contribution in [0.4, 0.5) is 21.6 Å². The number of ether oxygens (including phenoxy) is 1. The number of anilines is 3. The molecular weight excluding hydrogens is 273 g/mol. The number of aryl methyl sites for hydroxylation is 1. The first kappa shape index (κ1) is 14.8. The van der Waals surface area contributed by atoms with E-state index in [1.54, 1.807) is 19.9 Å². The molecule has 21 heavy (non-hydrogen) atoms. The van der Waals surface area contributed by atoms with Gasteiger partial charge < -0.3 is 15.8 Å². The van der Waals surface area contributed by atoms with Gasteiger partial charge in [0.2, 0.25) is 0 Å². The van der Waals surface area contributed by atoms with Crippen molar-refractivity contribution in [2.24, 2.45) is 0 Å². The van der Waals surface area contributed by atoms with Crippen molar-refractivity contribution in [1.82, 2.24) is 4.98 Å². The third-order valence-corrected chi connectivity index (χ3v) is 2.74. The van der Waals surface area contributed by atoms with Crippen molar-refractivity contribution >= 4 is 23.2 Å². The molecule has 3 N–H and O–H groups in total. The molecule has 110 valence electrons. The number of carbonyl (C=O) groups is 1. The number of halogens is 1. The number of nitrogens with two attached hydrogens (primary N) is 1. The van der Waals surface area contributed by atoms with E-state index in [4.69, 9.17) is 10.5 Å². The number of nitrogens with one attached hydrogen (secondary N) is 1. The molecule has 1 aromatic heterocycles. The lowest BCUT2D eigenvalue weighted by atomic mass is 10.2. The molecule has 0 spiro atoms. The molecule has 0 bridgehead atoms. The van der Waals surface area contributed by atoms with Crippen LogP contribution in [-0.4, -0.2) is 17.6 Å². The second kappa shape index (κ2) is 6.21. The minimum atomic E-state index is -0.518. The van der Waals surface area contributed by atoms with Crippen LogP contribution in [0.1, 0.15) is 22.8 Å². The Hall–Kier alpha value is -2.63. The quantitative estimate of drug-likeness (QED) is 0.846. The monoisotopic (exact) mass is 289 g/mol. The molecule has 0 unspecified atom stereocenters. The van der Waals surface area contributed by atoms with Crippen LogP contribution < -0.4 is 11.1 Å². The lowest BCUT2D eigenvalue weighted by Gasteiger charge is -2.10. The van der Waals surface area contributed by atoms with E-state index in [0.717, 1.165) is 5.56 Å². The molecule has 0 atom stereocenters. The summed E-state index contributed by atoms with van der Waals surface area (Å²) in [6.07, 6.45) is 1.36. The highest BCUT2D eigenvalue weighted by Gasteiger charge is 2.12. The van der Waals surface area contributed by atoms with E-state index in [2.05, 4.69) is 10.3 Å². The lowest BCUT2D eigenvalue weighted by Crippen LogP contribution is -2.09. The second-order valence-electron chi connectivity index (χ2n) is 4.52. The summed E-state index contributed by atoms with van der Waals surface area (Å²) in [6.45, 7) is 3.76. The number of rotatable bonds is 4. The molecule has 2 rings (SSSR count). The highest BCUT2D eigenvalue weighted by molar-refractivity contribution is 5.95. The molecule has 0 aliphatic carbocycles. The summed E-state index contributed by atoms with van der Waals surface area (Å²) in [6, 6.07) is 6.01. The number of esters is 1. The van der Waals surface area contributed by atoms with Gasteiger partial charge in [0, 0.05) is 5.69 Å². The van der Waals surface area contributed by atoms with Crippen molar-refractivity contribution in [3.8, 4) is 0 Å². The van der Waals surface area contributed by atoms with Gasteiger partial charge in [0.05, 0.1) is 24.1 Å². The number of aromatic nitrogens is 1. The highest BCUT2D eigenvalue weighted by Crippen LogP contribution is 2.21. The maximum atomic E-state index is 13.3. The molecule has 0 radical (unpaired) electrons. The van der Waals surface area contributed by atoms with Gasteiger partial charge in [-0.05, 0) is 43.7 Å². The van der Waals surface area contributed by atoms with Gasteiger partial charge in [0.15, 0.2) is 0 Å². The summed E-state index contributed by atoms with van der Waals surface area (Å²) in [5.41, 5.74) is 7.48. The normalized spacial score (nSPS) is 10.2. The summed E-state index contributed by atoms with van der Waals surface area (Å²) < 4.78 is 18.3. The van der Waals surface area contributed by atoms with Crippen molar-refractivity contribution < 1.29 is 13.9 Å². The largest absolute Gasteiger partial charge is 0.462 e. The van der Waals surface area contributed by atoms with E-state index in [0.29, 0.717) is 11.5 Å². The third-order valence-electron chi connectivity index (χ3n) is 2.74. The Morgan fingerprint density at radius 2 is 2.14 bits per heavy atom. The van der Waals surface area contributed by atoms with Crippen LogP contribution in [0.5, 0.6) is 0 Å². The first-order chi connectivity index (χ1) is 9.99. The standard InChI is InChI=1S/C15H16FN3O2/c1-3-21-15(20)12-7-14(18-8-13(12)17)19-11-5-9(2)4-10(16)6-11/h4-8H,3,17H2,1-2H3,(H,18,19). The van der Waals surface area contributed by atoms with Gasteiger partial charge in [-0.1, -0.05) is 0 Å². The van der Waals surface area contributed by atoms with Crippen molar-refractivity contribution in [2.75, 3.05) is 17.7 Å². The molecule has 0 saturated heterocycles. The minimum Gasteiger partial charge on any atom is -0.462 e. The van der Waals surface area contributed by atoms with Gasteiger partial charge in [-0.2, -0.15) is 0 Å². The summed E-state index contributed by atoms with van der Waals surface area (Å²) >= 11 is 0. The third kappa shape index (κ3) is 3.68. The smallest absolute Gasteiger partial charge is 0.340 e. The predicted octanol–water partition coefficient (Wildman–Crippen LogP) is 3.03. The molecule has 0 aliphatic heterocycles. The number of hydrogen-bond donors (Lipinski definition) is 2. The van der Waals surface area contributed by atoms with Crippen LogP contribution in [0.3, 0.4) is 0 Å². The van der Waals surface area contributed by atoms with Crippen LogP contribution in [-0.2, 0) is 4.74 Å². The zero-order valence-corrected chi connectivity index (χ0v) is 11.8. The average Bonchev–Trinajstić information content (AvgIpc) is 2.40. The van der Waals surface area contributed by atoms with Crippen molar-refractivity contribution in [3.05, 3.63) is 47.4 Å². The first-order valence-electron chi connectivity index (χ1n) is 6.46. The summed E-state index contributed by atoms with van der Waals surface area (Å²) in [5, 5.41) is 2.94. The Labute approximate surface area is 121 Å². The van der Waals surface area contributed by atoms with Crippen molar-refractivity contribution in [2.45, 2.75) is 13.8 Å². The number of nitrogens with zero attached hydrogens (tertiary/aromatic N) is 1. The molecule has 2 aromatic rings. The van der Waals surface area contributed by atoms with E-state index in [9.17, 15) is 9.18 Å². The minimum absolute atomic E-state index is 0.225. The van der Waals surface area contributed by atoms with E-state index in [1.807, 2.05) is 0 Å². The zero-order valence-electron chi connectivity index (χ0n) is 11.8. The summed E-state index contributed by atoms with van der Waals surface area (Å²) in [7, 11) is 0. The maximum absolute atomic E-state index is 13.3. The summed E-state index contributed by atoms with van der Waals surface area (Å²) in [5.74, 6) is -0.480. The fraction of sp³-hybridized carbons (Fsp3) is 0.200. The average molecular weight is 289 g/mol. The second-order valence-corrected chi connectivity index (χ2v) is 4.52.